The molecule has 0 aliphatic carbocycles. The molecule has 4 nitrogen and oxygen atoms in total. The smallest absolute Gasteiger partial charge is 0.338 e. The van der Waals surface area contributed by atoms with Crippen LogP contribution in [-0.4, -0.2) is 23.2 Å². The predicted octanol–water partition coefficient (Wildman–Crippen LogP) is 2.76. The van der Waals surface area contributed by atoms with E-state index in [2.05, 4.69) is 15.5 Å². The van der Waals surface area contributed by atoms with Gasteiger partial charge in [-0.05, 0) is 31.5 Å². The molecule has 21 heavy (non-hydrogen) atoms. The van der Waals surface area contributed by atoms with Crippen LogP contribution in [0.25, 0.3) is 0 Å². The van der Waals surface area contributed by atoms with Crippen LogP contribution in [0, 0.1) is 0 Å². The van der Waals surface area contributed by atoms with E-state index in [1.807, 2.05) is 30.3 Å². The van der Waals surface area contributed by atoms with Crippen molar-refractivity contribution in [1.82, 2.24) is 15.5 Å². The summed E-state index contributed by atoms with van der Waals surface area (Å²) in [4.78, 5) is 3.62. The molecule has 1 N–H and O–H groups in total. The molecule has 1 saturated heterocycles. The van der Waals surface area contributed by atoms with Gasteiger partial charge in [-0.25, -0.2) is 0 Å². The Hall–Kier alpha value is -1.89. The quantitative estimate of drug-likeness (QED) is 0.926. The molecule has 1 aliphatic rings. The van der Waals surface area contributed by atoms with E-state index in [-0.39, 0.29) is 5.89 Å². The van der Waals surface area contributed by atoms with Crippen LogP contribution in [0.15, 0.2) is 34.9 Å². The third-order valence-corrected chi connectivity index (χ3v) is 3.87. The summed E-state index contributed by atoms with van der Waals surface area (Å²) < 4.78 is 43.1. The highest BCUT2D eigenvalue weighted by molar-refractivity contribution is 5.33. The van der Waals surface area contributed by atoms with Crippen molar-refractivity contribution in [2.45, 2.75) is 24.4 Å². The summed E-state index contributed by atoms with van der Waals surface area (Å²) in [5, 5.41) is 6.31. The van der Waals surface area contributed by atoms with Gasteiger partial charge in [0.1, 0.15) is 0 Å². The van der Waals surface area contributed by atoms with E-state index in [1.165, 1.54) is 0 Å². The van der Waals surface area contributed by atoms with Gasteiger partial charge in [-0.2, -0.15) is 18.2 Å². The highest BCUT2D eigenvalue weighted by atomic mass is 19.4. The van der Waals surface area contributed by atoms with Crippen LogP contribution >= 0.6 is 0 Å². The van der Waals surface area contributed by atoms with E-state index in [0.717, 1.165) is 5.56 Å². The van der Waals surface area contributed by atoms with Crippen LogP contribution in [0.5, 0.6) is 0 Å². The maximum Gasteiger partial charge on any atom is 0.455 e. The van der Waals surface area contributed by atoms with Crippen LogP contribution in [-0.2, 0) is 11.6 Å². The summed E-state index contributed by atoms with van der Waals surface area (Å²) in [5.74, 6) is -1.17. The third-order valence-electron chi connectivity index (χ3n) is 3.87. The Labute approximate surface area is 119 Å². The van der Waals surface area contributed by atoms with Gasteiger partial charge in [-0.3, -0.25) is 0 Å². The number of nitrogens with one attached hydrogen (secondary N) is 1. The van der Waals surface area contributed by atoms with Gasteiger partial charge in [0.05, 0.1) is 5.41 Å². The van der Waals surface area contributed by atoms with Gasteiger partial charge in [0.25, 0.3) is 5.82 Å². The number of rotatable bonds is 2. The van der Waals surface area contributed by atoms with E-state index < -0.39 is 17.4 Å². The number of aromatic nitrogens is 2. The molecule has 1 aromatic heterocycles. The fourth-order valence-electron chi connectivity index (χ4n) is 2.77. The minimum absolute atomic E-state index is 0.0440. The molecular weight excluding hydrogens is 283 g/mol. The van der Waals surface area contributed by atoms with E-state index in [1.54, 1.807) is 0 Å². The Kier molecular flexibility index (Phi) is 3.44. The van der Waals surface area contributed by atoms with Gasteiger partial charge in [-0.15, -0.1) is 0 Å². The third kappa shape index (κ3) is 2.53. The molecule has 0 radical (unpaired) electrons. The SMILES string of the molecule is FC(F)(F)c1noc(C2(c3ccccc3)CCNCC2)n1. The fourth-order valence-corrected chi connectivity index (χ4v) is 2.77. The maximum atomic E-state index is 12.7. The molecule has 1 aliphatic heterocycles. The van der Waals surface area contributed by atoms with E-state index >= 15 is 0 Å². The van der Waals surface area contributed by atoms with Gasteiger partial charge in [0, 0.05) is 0 Å². The molecular formula is C14H14F3N3O. The molecule has 0 amide bonds. The molecule has 7 heteroatoms. The van der Waals surface area contributed by atoms with Crippen molar-refractivity contribution >= 4 is 0 Å². The highest BCUT2D eigenvalue weighted by Gasteiger charge is 2.44. The molecule has 2 heterocycles. The van der Waals surface area contributed by atoms with Crippen molar-refractivity contribution in [3.63, 3.8) is 0 Å². The average molecular weight is 297 g/mol. The zero-order chi connectivity index (χ0) is 14.9. The average Bonchev–Trinajstić information content (AvgIpc) is 2.99. The van der Waals surface area contributed by atoms with Crippen LogP contribution < -0.4 is 5.32 Å². The summed E-state index contributed by atoms with van der Waals surface area (Å²) in [6.45, 7) is 1.39. The first kappa shape index (κ1) is 14.1. The van der Waals surface area contributed by atoms with Gasteiger partial charge in [0.15, 0.2) is 0 Å². The van der Waals surface area contributed by atoms with Crippen molar-refractivity contribution in [3.8, 4) is 0 Å². The van der Waals surface area contributed by atoms with Crippen molar-refractivity contribution in [2.75, 3.05) is 13.1 Å². The van der Waals surface area contributed by atoms with Crippen molar-refractivity contribution < 1.29 is 17.7 Å². The zero-order valence-electron chi connectivity index (χ0n) is 11.2. The van der Waals surface area contributed by atoms with Crippen LogP contribution in [0.4, 0.5) is 13.2 Å². The second kappa shape index (κ2) is 5.14. The summed E-state index contributed by atoms with van der Waals surface area (Å²) in [5.41, 5.74) is 0.257. The summed E-state index contributed by atoms with van der Waals surface area (Å²) in [6.07, 6.45) is -3.35. The van der Waals surface area contributed by atoms with E-state index in [4.69, 9.17) is 4.52 Å². The van der Waals surface area contributed by atoms with Gasteiger partial charge < -0.3 is 9.84 Å². The summed E-state index contributed by atoms with van der Waals surface area (Å²) >= 11 is 0. The Balaban J connectivity index is 2.06. The zero-order valence-corrected chi connectivity index (χ0v) is 11.2. The first-order valence-corrected chi connectivity index (χ1v) is 6.70. The first-order chi connectivity index (χ1) is 10.0. The van der Waals surface area contributed by atoms with Crippen LogP contribution in [0.2, 0.25) is 0 Å². The number of hydrogen-bond donors (Lipinski definition) is 1. The van der Waals surface area contributed by atoms with Gasteiger partial charge >= 0.3 is 6.18 Å². The lowest BCUT2D eigenvalue weighted by Gasteiger charge is -2.34. The number of benzene rings is 1. The minimum Gasteiger partial charge on any atom is -0.338 e. The summed E-state index contributed by atoms with van der Waals surface area (Å²) in [6, 6.07) is 9.37. The minimum atomic E-state index is -4.59. The standard InChI is InChI=1S/C14H14F3N3O/c15-14(16,17)11-19-12(21-20-11)13(6-8-18-9-7-13)10-4-2-1-3-5-10/h1-5,18H,6-9H2. The number of halogens is 3. The predicted molar refractivity (Wildman–Crippen MR) is 68.6 cm³/mol. The van der Waals surface area contributed by atoms with Gasteiger partial charge in [0.2, 0.25) is 5.89 Å². The highest BCUT2D eigenvalue weighted by Crippen LogP contribution is 2.40. The molecule has 1 aromatic carbocycles. The Morgan fingerprint density at radius 3 is 2.33 bits per heavy atom. The molecule has 0 spiro atoms. The second-order valence-electron chi connectivity index (χ2n) is 5.12. The van der Waals surface area contributed by atoms with Crippen molar-refractivity contribution in [1.29, 1.82) is 0 Å². The normalized spacial score (nSPS) is 18.6. The molecule has 0 saturated carbocycles. The fraction of sp³-hybridized carbons (Fsp3) is 0.429. The van der Waals surface area contributed by atoms with E-state index in [0.29, 0.717) is 25.9 Å². The molecule has 3 rings (SSSR count). The largest absolute Gasteiger partial charge is 0.455 e. The summed E-state index contributed by atoms with van der Waals surface area (Å²) in [7, 11) is 0. The molecule has 0 unspecified atom stereocenters. The maximum absolute atomic E-state index is 12.7. The number of alkyl halides is 3. The molecule has 0 bridgehead atoms. The molecule has 0 atom stereocenters. The molecule has 112 valence electrons. The Morgan fingerprint density at radius 1 is 1.10 bits per heavy atom. The van der Waals surface area contributed by atoms with Crippen LogP contribution in [0.1, 0.15) is 30.1 Å². The topological polar surface area (TPSA) is 51.0 Å². The monoisotopic (exact) mass is 297 g/mol. The Bertz CT molecular complexity index is 603. The second-order valence-corrected chi connectivity index (χ2v) is 5.12. The molecule has 1 fully saturated rings. The number of piperidine rings is 1. The van der Waals surface area contributed by atoms with Crippen LogP contribution in [0.3, 0.4) is 0 Å². The first-order valence-electron chi connectivity index (χ1n) is 6.70. The lowest BCUT2D eigenvalue weighted by molar-refractivity contribution is -0.146. The van der Waals surface area contributed by atoms with Gasteiger partial charge in [-0.1, -0.05) is 35.5 Å². The lowest BCUT2D eigenvalue weighted by Crippen LogP contribution is -2.41. The number of hydrogen-bond acceptors (Lipinski definition) is 4. The Morgan fingerprint density at radius 2 is 1.76 bits per heavy atom. The van der Waals surface area contributed by atoms with Crippen molar-refractivity contribution in [2.24, 2.45) is 0 Å². The van der Waals surface area contributed by atoms with E-state index in [9.17, 15) is 13.2 Å². The number of nitrogens with zero attached hydrogens (tertiary/aromatic N) is 2. The molecule has 2 aromatic rings. The van der Waals surface area contributed by atoms with Crippen molar-refractivity contribution in [3.05, 3.63) is 47.6 Å². The lowest BCUT2D eigenvalue weighted by atomic mass is 9.73.